The Kier molecular flexibility index (Phi) is 11.1. The predicted molar refractivity (Wildman–Crippen MR) is 125 cm³/mol. The van der Waals surface area contributed by atoms with Crippen LogP contribution in [0.15, 0.2) is 18.2 Å². The Morgan fingerprint density at radius 2 is 1.72 bits per heavy atom. The fourth-order valence-electron chi connectivity index (χ4n) is 3.22. The molecule has 0 spiro atoms. The Hall–Kier alpha value is -3.90. The van der Waals surface area contributed by atoms with Gasteiger partial charge in [0, 0.05) is 12.5 Å². The third-order valence-corrected chi connectivity index (χ3v) is 4.68. The van der Waals surface area contributed by atoms with E-state index in [-0.39, 0.29) is 30.8 Å². The van der Waals surface area contributed by atoms with E-state index in [9.17, 15) is 39.5 Å². The number of amides is 1. The second-order valence-electron chi connectivity index (χ2n) is 8.81. The first kappa shape index (κ1) is 30.1. The fourth-order valence-corrected chi connectivity index (χ4v) is 3.22. The number of rotatable bonds is 13. The molecular weight excluding hydrogens is 480 g/mol. The van der Waals surface area contributed by atoms with Crippen molar-refractivity contribution in [1.29, 1.82) is 0 Å². The molecule has 13 nitrogen and oxygen atoms in total. The van der Waals surface area contributed by atoms with E-state index in [0.717, 1.165) is 6.07 Å². The number of carbonyl (C=O) groups excluding carboxylic acids is 2. The van der Waals surface area contributed by atoms with Gasteiger partial charge < -0.3 is 29.7 Å². The van der Waals surface area contributed by atoms with E-state index in [1.807, 2.05) is 0 Å². The number of nitrogens with zero attached hydrogens (tertiary/aromatic N) is 1. The Labute approximate surface area is 207 Å². The molecule has 0 aliphatic carbocycles. The number of nitro groups is 1. The first-order valence-corrected chi connectivity index (χ1v) is 11.3. The highest BCUT2D eigenvalue weighted by Crippen LogP contribution is 2.31. The lowest BCUT2D eigenvalue weighted by Crippen LogP contribution is -2.45. The van der Waals surface area contributed by atoms with Crippen LogP contribution in [0.5, 0.6) is 5.75 Å². The summed E-state index contributed by atoms with van der Waals surface area (Å²) in [6.07, 6.45) is -2.05. The fraction of sp³-hybridized carbons (Fsp3) is 0.565. The van der Waals surface area contributed by atoms with E-state index in [4.69, 9.17) is 14.2 Å². The lowest BCUT2D eigenvalue weighted by molar-refractivity contribution is -0.386. The average molecular weight is 513 g/mol. The quantitative estimate of drug-likeness (QED) is 0.152. The van der Waals surface area contributed by atoms with Crippen LogP contribution < -0.4 is 10.1 Å². The molecule has 0 aromatic heterocycles. The van der Waals surface area contributed by atoms with Gasteiger partial charge in [-0.3, -0.25) is 19.7 Å². The molecule has 0 aliphatic heterocycles. The predicted octanol–water partition coefficient (Wildman–Crippen LogP) is 2.93. The maximum Gasteiger partial charge on any atom is 0.408 e. The number of nitrogens with one attached hydrogen (secondary N) is 1. The van der Waals surface area contributed by atoms with Crippen LogP contribution in [-0.4, -0.2) is 63.5 Å². The summed E-state index contributed by atoms with van der Waals surface area (Å²) in [5.74, 6) is -6.31. The minimum atomic E-state index is -1.93. The summed E-state index contributed by atoms with van der Waals surface area (Å²) in [6.45, 7) is 8.21. The SMILES string of the molecule is CCCC(Oc1ccc(C[C@@H](NC(=O)OC(C)(C)C)C(=O)OCC)cc1[N+](=O)[O-])C(C(=O)O)C(=O)O. The van der Waals surface area contributed by atoms with Crippen molar-refractivity contribution in [2.24, 2.45) is 5.92 Å². The Morgan fingerprint density at radius 3 is 2.19 bits per heavy atom. The zero-order valence-corrected chi connectivity index (χ0v) is 20.8. The van der Waals surface area contributed by atoms with Gasteiger partial charge in [-0.15, -0.1) is 0 Å². The van der Waals surface area contributed by atoms with Crippen LogP contribution in [0.25, 0.3) is 0 Å². The average Bonchev–Trinajstić information content (AvgIpc) is 2.72. The zero-order valence-electron chi connectivity index (χ0n) is 20.8. The van der Waals surface area contributed by atoms with Crippen molar-refractivity contribution in [3.05, 3.63) is 33.9 Å². The van der Waals surface area contributed by atoms with Crippen molar-refractivity contribution in [1.82, 2.24) is 5.32 Å². The van der Waals surface area contributed by atoms with Crippen molar-refractivity contribution < 1.29 is 48.5 Å². The molecule has 0 heterocycles. The van der Waals surface area contributed by atoms with Gasteiger partial charge in [0.2, 0.25) is 0 Å². The van der Waals surface area contributed by atoms with Crippen molar-refractivity contribution in [2.45, 2.75) is 71.6 Å². The van der Waals surface area contributed by atoms with Gasteiger partial charge in [-0.25, -0.2) is 9.59 Å². The summed E-state index contributed by atoms with van der Waals surface area (Å²) < 4.78 is 15.7. The third kappa shape index (κ3) is 9.39. The molecular formula is C23H32N2O11. The number of hydrogen-bond acceptors (Lipinski definition) is 9. The smallest absolute Gasteiger partial charge is 0.408 e. The second kappa shape index (κ2) is 13.3. The Morgan fingerprint density at radius 1 is 1.11 bits per heavy atom. The van der Waals surface area contributed by atoms with Crippen LogP contribution in [0.1, 0.15) is 53.0 Å². The van der Waals surface area contributed by atoms with E-state index >= 15 is 0 Å². The number of benzene rings is 1. The second-order valence-corrected chi connectivity index (χ2v) is 8.81. The number of alkyl carbamates (subject to hydrolysis) is 1. The number of aliphatic carboxylic acids is 2. The first-order valence-electron chi connectivity index (χ1n) is 11.3. The maximum atomic E-state index is 12.4. The number of carboxylic acid groups (broad SMARTS) is 2. The van der Waals surface area contributed by atoms with Crippen molar-refractivity contribution in [2.75, 3.05) is 6.61 Å². The van der Waals surface area contributed by atoms with Gasteiger partial charge >= 0.3 is 29.7 Å². The number of carboxylic acids is 2. The summed E-state index contributed by atoms with van der Waals surface area (Å²) in [4.78, 5) is 58.4. The molecule has 3 N–H and O–H groups in total. The summed E-state index contributed by atoms with van der Waals surface area (Å²) in [7, 11) is 0. The molecule has 0 aliphatic rings. The summed E-state index contributed by atoms with van der Waals surface area (Å²) in [5, 5.41) is 32.7. The third-order valence-electron chi connectivity index (χ3n) is 4.68. The topological polar surface area (TPSA) is 192 Å². The van der Waals surface area contributed by atoms with Crippen LogP contribution in [0.3, 0.4) is 0 Å². The van der Waals surface area contributed by atoms with Crippen LogP contribution in [0, 0.1) is 16.0 Å². The van der Waals surface area contributed by atoms with Gasteiger partial charge in [-0.05, 0) is 45.7 Å². The van der Waals surface area contributed by atoms with Gasteiger partial charge in [0.05, 0.1) is 11.5 Å². The molecule has 1 rings (SSSR count). The van der Waals surface area contributed by atoms with Crippen LogP contribution in [-0.2, 0) is 30.3 Å². The van der Waals surface area contributed by atoms with Crippen LogP contribution in [0.2, 0.25) is 0 Å². The van der Waals surface area contributed by atoms with Gasteiger partial charge in [0.25, 0.3) is 0 Å². The van der Waals surface area contributed by atoms with E-state index in [1.54, 1.807) is 34.6 Å². The molecule has 200 valence electrons. The molecule has 2 atom stereocenters. The molecule has 1 amide bonds. The molecule has 13 heteroatoms. The zero-order chi connectivity index (χ0) is 27.6. The number of hydrogen-bond donors (Lipinski definition) is 3. The van der Waals surface area contributed by atoms with Gasteiger partial charge in [-0.2, -0.15) is 0 Å². The highest BCUT2D eigenvalue weighted by molar-refractivity contribution is 5.93. The lowest BCUT2D eigenvalue weighted by atomic mass is 9.98. The Balaban J connectivity index is 3.28. The molecule has 1 aromatic carbocycles. The van der Waals surface area contributed by atoms with Gasteiger partial charge in [-0.1, -0.05) is 19.4 Å². The van der Waals surface area contributed by atoms with Crippen molar-refractivity contribution in [3.8, 4) is 5.75 Å². The van der Waals surface area contributed by atoms with Gasteiger partial charge in [0.1, 0.15) is 17.7 Å². The molecule has 36 heavy (non-hydrogen) atoms. The number of esters is 1. The highest BCUT2D eigenvalue weighted by atomic mass is 16.6. The van der Waals surface area contributed by atoms with E-state index < -0.39 is 58.3 Å². The first-order chi connectivity index (χ1) is 16.7. The maximum absolute atomic E-state index is 12.4. The van der Waals surface area contributed by atoms with Crippen molar-refractivity contribution >= 4 is 29.7 Å². The summed E-state index contributed by atoms with van der Waals surface area (Å²) in [6, 6.07) is 2.44. The van der Waals surface area contributed by atoms with Crippen LogP contribution >= 0.6 is 0 Å². The molecule has 0 saturated heterocycles. The number of ether oxygens (including phenoxy) is 3. The number of nitro benzene ring substituents is 1. The largest absolute Gasteiger partial charge is 0.482 e. The molecule has 0 saturated carbocycles. The van der Waals surface area contributed by atoms with Gasteiger partial charge in [0.15, 0.2) is 11.7 Å². The standard InChI is InChI=1S/C23H32N2O11/c1-6-8-17(18(19(26)27)20(28)29)35-16-10-9-13(12-15(16)25(32)33)11-14(21(30)34-7-2)24-22(31)36-23(3,4)5/h9-10,12,14,17-18H,6-8,11H2,1-5H3,(H,24,31)(H,26,27)(H,28,29)/t14-,17?/m1/s1. The Bertz CT molecular complexity index is 957. The minimum absolute atomic E-state index is 0.0207. The summed E-state index contributed by atoms with van der Waals surface area (Å²) in [5.41, 5.74) is -1.15. The highest BCUT2D eigenvalue weighted by Gasteiger charge is 2.37. The summed E-state index contributed by atoms with van der Waals surface area (Å²) >= 11 is 0. The number of carbonyl (C=O) groups is 4. The van der Waals surface area contributed by atoms with Crippen LogP contribution in [0.4, 0.5) is 10.5 Å². The molecule has 0 bridgehead atoms. The molecule has 0 fully saturated rings. The van der Waals surface area contributed by atoms with E-state index in [1.165, 1.54) is 12.1 Å². The monoisotopic (exact) mass is 512 g/mol. The van der Waals surface area contributed by atoms with Crippen molar-refractivity contribution in [3.63, 3.8) is 0 Å². The lowest BCUT2D eigenvalue weighted by Gasteiger charge is -2.23. The minimum Gasteiger partial charge on any atom is -0.482 e. The van der Waals surface area contributed by atoms with E-state index in [0.29, 0.717) is 6.42 Å². The molecule has 0 radical (unpaired) electrons. The molecule has 1 aromatic rings. The van der Waals surface area contributed by atoms with E-state index in [2.05, 4.69) is 5.32 Å². The molecule has 1 unspecified atom stereocenters. The normalized spacial score (nSPS) is 12.8.